The van der Waals surface area contributed by atoms with Crippen molar-refractivity contribution in [3.8, 4) is 0 Å². The number of carbonyl (C=O) groups is 1. The standard InChI is InChI=1S/C8H19N2O3/c1-9(2)6-12-8(11)13-7-10(3,4)5/h6-7H2,1-5H3/q+1. The third-order valence-electron chi connectivity index (χ3n) is 1.01. The molecule has 0 atom stereocenters. The van der Waals surface area contributed by atoms with E-state index in [0.29, 0.717) is 11.2 Å². The number of hydrogen-bond donors (Lipinski definition) is 0. The molecular weight excluding hydrogens is 172 g/mol. The molecule has 0 radical (unpaired) electrons. The highest BCUT2D eigenvalue weighted by molar-refractivity contribution is 5.59. The van der Waals surface area contributed by atoms with Crippen LogP contribution in [0.3, 0.4) is 0 Å². The molecule has 0 N–H and O–H groups in total. The molecular formula is C8H19N2O3+. The van der Waals surface area contributed by atoms with E-state index in [-0.39, 0.29) is 6.73 Å². The third kappa shape index (κ3) is 9.10. The SMILES string of the molecule is CN(C)COC(=O)OC[N+](C)(C)C. The molecule has 0 aromatic carbocycles. The Hall–Kier alpha value is -0.810. The molecule has 0 amide bonds. The Bertz CT molecular complexity index is 163. The minimum absolute atomic E-state index is 0.246. The van der Waals surface area contributed by atoms with Gasteiger partial charge >= 0.3 is 6.16 Å². The van der Waals surface area contributed by atoms with Crippen LogP contribution in [0.4, 0.5) is 4.79 Å². The van der Waals surface area contributed by atoms with Crippen LogP contribution in [0, 0.1) is 0 Å². The molecule has 78 valence electrons. The van der Waals surface area contributed by atoms with Crippen LogP contribution in [-0.2, 0) is 9.47 Å². The highest BCUT2D eigenvalue weighted by Gasteiger charge is 2.11. The first kappa shape index (κ1) is 12.2. The van der Waals surface area contributed by atoms with Crippen LogP contribution < -0.4 is 0 Å². The van der Waals surface area contributed by atoms with E-state index in [0.717, 1.165) is 0 Å². The van der Waals surface area contributed by atoms with Crippen LogP contribution in [0.5, 0.6) is 0 Å². The molecule has 0 aliphatic heterocycles. The molecule has 0 unspecified atom stereocenters. The van der Waals surface area contributed by atoms with Gasteiger partial charge in [-0.1, -0.05) is 0 Å². The van der Waals surface area contributed by atoms with Gasteiger partial charge in [-0.3, -0.25) is 9.38 Å². The fraction of sp³-hybridized carbons (Fsp3) is 0.875. The van der Waals surface area contributed by atoms with Crippen molar-refractivity contribution in [1.82, 2.24) is 4.90 Å². The van der Waals surface area contributed by atoms with Crippen molar-refractivity contribution in [3.63, 3.8) is 0 Å². The second-order valence-corrected chi connectivity index (χ2v) is 4.17. The Morgan fingerprint density at radius 1 is 1.23 bits per heavy atom. The first-order valence-corrected chi connectivity index (χ1v) is 4.06. The lowest BCUT2D eigenvalue weighted by Crippen LogP contribution is -2.38. The first-order chi connectivity index (χ1) is 5.81. The van der Waals surface area contributed by atoms with Crippen molar-refractivity contribution >= 4 is 6.16 Å². The number of nitrogens with zero attached hydrogens (tertiary/aromatic N) is 2. The fourth-order valence-corrected chi connectivity index (χ4v) is 0.470. The van der Waals surface area contributed by atoms with Gasteiger partial charge in [0.05, 0.1) is 21.1 Å². The van der Waals surface area contributed by atoms with E-state index in [1.807, 2.05) is 35.2 Å². The summed E-state index contributed by atoms with van der Waals surface area (Å²) in [6.45, 7) is 0.558. The van der Waals surface area contributed by atoms with Crippen molar-refractivity contribution in [2.45, 2.75) is 0 Å². The number of ether oxygens (including phenoxy) is 2. The Labute approximate surface area is 79.4 Å². The van der Waals surface area contributed by atoms with Crippen molar-refractivity contribution in [2.24, 2.45) is 0 Å². The van der Waals surface area contributed by atoms with Gasteiger partial charge in [0.25, 0.3) is 0 Å². The Balaban J connectivity index is 3.53. The molecule has 0 rings (SSSR count). The van der Waals surface area contributed by atoms with Gasteiger partial charge in [-0.15, -0.1) is 0 Å². The predicted octanol–water partition coefficient (Wildman–Crippen LogP) is 0.322. The van der Waals surface area contributed by atoms with Crippen LogP contribution in [0.1, 0.15) is 0 Å². The van der Waals surface area contributed by atoms with E-state index >= 15 is 0 Å². The number of rotatable bonds is 4. The van der Waals surface area contributed by atoms with Gasteiger partial charge in [-0.05, 0) is 14.1 Å². The minimum Gasteiger partial charge on any atom is -0.418 e. The Morgan fingerprint density at radius 2 is 1.77 bits per heavy atom. The monoisotopic (exact) mass is 191 g/mol. The van der Waals surface area contributed by atoms with Crippen molar-refractivity contribution in [2.75, 3.05) is 48.7 Å². The molecule has 0 saturated carbocycles. The van der Waals surface area contributed by atoms with E-state index in [1.54, 1.807) is 4.90 Å². The summed E-state index contributed by atoms with van der Waals surface area (Å²) in [4.78, 5) is 12.7. The first-order valence-electron chi connectivity index (χ1n) is 4.06. The number of hydrogen-bond acceptors (Lipinski definition) is 4. The summed E-state index contributed by atoms with van der Waals surface area (Å²) < 4.78 is 10.2. The molecule has 5 nitrogen and oxygen atoms in total. The smallest absolute Gasteiger partial charge is 0.418 e. The average Bonchev–Trinajstić information content (AvgIpc) is 1.95. The maximum Gasteiger partial charge on any atom is 0.513 e. The normalized spacial score (nSPS) is 11.5. The lowest BCUT2D eigenvalue weighted by Gasteiger charge is -2.22. The molecule has 0 fully saturated rings. The van der Waals surface area contributed by atoms with Gasteiger partial charge in [-0.2, -0.15) is 0 Å². The molecule has 5 heteroatoms. The lowest BCUT2D eigenvalue weighted by molar-refractivity contribution is -0.888. The topological polar surface area (TPSA) is 38.8 Å². The van der Waals surface area contributed by atoms with E-state index < -0.39 is 6.16 Å². The zero-order chi connectivity index (χ0) is 10.5. The molecule has 13 heavy (non-hydrogen) atoms. The molecule has 0 heterocycles. The largest absolute Gasteiger partial charge is 0.513 e. The average molecular weight is 191 g/mol. The summed E-state index contributed by atoms with van der Waals surface area (Å²) in [5, 5.41) is 0. The zero-order valence-corrected chi connectivity index (χ0v) is 9.03. The van der Waals surface area contributed by atoms with Crippen LogP contribution >= 0.6 is 0 Å². The number of quaternary nitrogens is 1. The van der Waals surface area contributed by atoms with Gasteiger partial charge in [0.15, 0.2) is 0 Å². The molecule has 0 aromatic rings. The zero-order valence-electron chi connectivity index (χ0n) is 9.03. The fourth-order valence-electron chi connectivity index (χ4n) is 0.470. The maximum atomic E-state index is 10.9. The second-order valence-electron chi connectivity index (χ2n) is 4.17. The van der Waals surface area contributed by atoms with Crippen molar-refractivity contribution in [1.29, 1.82) is 0 Å². The molecule has 0 saturated heterocycles. The lowest BCUT2D eigenvalue weighted by atomic mass is 10.7. The molecule has 0 aromatic heterocycles. The van der Waals surface area contributed by atoms with Gasteiger partial charge in [0.2, 0.25) is 6.73 Å². The Morgan fingerprint density at radius 3 is 2.15 bits per heavy atom. The van der Waals surface area contributed by atoms with Gasteiger partial charge in [0.1, 0.15) is 6.73 Å². The van der Waals surface area contributed by atoms with Crippen LogP contribution in [0.15, 0.2) is 0 Å². The Kier molecular flexibility index (Phi) is 4.72. The predicted molar refractivity (Wildman–Crippen MR) is 49.0 cm³/mol. The van der Waals surface area contributed by atoms with E-state index in [2.05, 4.69) is 0 Å². The highest BCUT2D eigenvalue weighted by Crippen LogP contribution is 1.93. The summed E-state index contributed by atoms with van der Waals surface area (Å²) in [6.07, 6.45) is -0.623. The summed E-state index contributed by atoms with van der Waals surface area (Å²) >= 11 is 0. The second kappa shape index (κ2) is 5.04. The summed E-state index contributed by atoms with van der Waals surface area (Å²) in [5.41, 5.74) is 0. The van der Waals surface area contributed by atoms with Crippen LogP contribution in [0.25, 0.3) is 0 Å². The van der Waals surface area contributed by atoms with E-state index in [1.165, 1.54) is 0 Å². The quantitative estimate of drug-likeness (QED) is 0.364. The van der Waals surface area contributed by atoms with Crippen LogP contribution in [-0.4, -0.2) is 64.2 Å². The van der Waals surface area contributed by atoms with Gasteiger partial charge < -0.3 is 9.47 Å². The molecule has 0 aliphatic rings. The van der Waals surface area contributed by atoms with Crippen molar-refractivity contribution < 1.29 is 18.8 Å². The maximum absolute atomic E-state index is 10.9. The van der Waals surface area contributed by atoms with E-state index in [9.17, 15) is 4.79 Å². The summed E-state index contributed by atoms with van der Waals surface area (Å²) in [6, 6.07) is 0. The minimum atomic E-state index is -0.623. The van der Waals surface area contributed by atoms with Crippen LogP contribution in [0.2, 0.25) is 0 Å². The molecule has 0 bridgehead atoms. The third-order valence-corrected chi connectivity index (χ3v) is 1.01. The summed E-state index contributed by atoms with van der Waals surface area (Å²) in [5.74, 6) is 0. The highest BCUT2D eigenvalue weighted by atomic mass is 16.7. The molecule has 0 spiro atoms. The van der Waals surface area contributed by atoms with E-state index in [4.69, 9.17) is 9.47 Å². The van der Waals surface area contributed by atoms with Crippen molar-refractivity contribution in [3.05, 3.63) is 0 Å². The summed E-state index contributed by atoms with van der Waals surface area (Å²) in [7, 11) is 9.41. The molecule has 0 aliphatic carbocycles. The van der Waals surface area contributed by atoms with Gasteiger partial charge in [-0.25, -0.2) is 4.79 Å². The number of carbonyl (C=O) groups excluding carboxylic acids is 1. The van der Waals surface area contributed by atoms with Gasteiger partial charge in [0, 0.05) is 0 Å².